The number of nitrogens with one attached hydrogen (secondary N) is 1. The Bertz CT molecular complexity index is 338. The van der Waals surface area contributed by atoms with E-state index in [2.05, 4.69) is 28.2 Å². The van der Waals surface area contributed by atoms with Gasteiger partial charge in [-0.1, -0.05) is 19.8 Å². The second-order valence-electron chi connectivity index (χ2n) is 3.65. The van der Waals surface area contributed by atoms with Gasteiger partial charge >= 0.3 is 0 Å². The molecule has 0 radical (unpaired) electrons. The van der Waals surface area contributed by atoms with Crippen LogP contribution in [0.5, 0.6) is 0 Å². The van der Waals surface area contributed by atoms with Gasteiger partial charge in [-0.15, -0.1) is 0 Å². The smallest absolute Gasteiger partial charge is 0.288 e. The van der Waals surface area contributed by atoms with E-state index in [-0.39, 0.29) is 11.9 Å². The topological polar surface area (TPSA) is 68.3 Å². The van der Waals surface area contributed by atoms with E-state index in [1.54, 1.807) is 6.07 Å². The highest BCUT2D eigenvalue weighted by Crippen LogP contribution is 2.17. The molecule has 1 atom stereocenters. The predicted octanol–water partition coefficient (Wildman–Crippen LogP) is 2.29. The Kier molecular flexibility index (Phi) is 5.55. The number of unbranched alkanes of at least 4 members (excludes halogenated alkanes) is 1. The van der Waals surface area contributed by atoms with Gasteiger partial charge in [-0.2, -0.15) is 0 Å². The number of rotatable bonds is 6. The third-order valence-electron chi connectivity index (χ3n) is 2.35. The van der Waals surface area contributed by atoms with E-state index in [0.717, 1.165) is 19.3 Å². The summed E-state index contributed by atoms with van der Waals surface area (Å²) in [6.45, 7) is 2.56. The number of hydrogen-bond acceptors (Lipinski definition) is 3. The van der Waals surface area contributed by atoms with Gasteiger partial charge in [0, 0.05) is 12.6 Å². The fourth-order valence-corrected chi connectivity index (χ4v) is 1.79. The maximum absolute atomic E-state index is 11.8. The molecule has 0 saturated carbocycles. The summed E-state index contributed by atoms with van der Waals surface area (Å²) in [7, 11) is 0. The van der Waals surface area contributed by atoms with Gasteiger partial charge in [0.2, 0.25) is 5.76 Å². The van der Waals surface area contributed by atoms with E-state index >= 15 is 0 Å². The minimum Gasteiger partial charge on any atom is -0.458 e. The molecule has 1 rings (SSSR count). The molecule has 1 aromatic heterocycles. The van der Waals surface area contributed by atoms with Gasteiger partial charge in [0.05, 0.1) is 10.7 Å². The summed E-state index contributed by atoms with van der Waals surface area (Å²) >= 11 is 3.25. The van der Waals surface area contributed by atoms with E-state index in [4.69, 9.17) is 10.2 Å². The Labute approximate surface area is 104 Å². The molecule has 0 aliphatic heterocycles. The predicted molar refractivity (Wildman–Crippen MR) is 66.2 cm³/mol. The minimum absolute atomic E-state index is 0.0180. The first kappa shape index (κ1) is 13.3. The zero-order chi connectivity index (χ0) is 12.0. The van der Waals surface area contributed by atoms with Gasteiger partial charge in [0.15, 0.2) is 0 Å². The summed E-state index contributed by atoms with van der Waals surface area (Å²) in [5, 5.41) is 2.86. The van der Waals surface area contributed by atoms with Gasteiger partial charge in [-0.25, -0.2) is 0 Å². The molecule has 0 saturated heterocycles. The van der Waals surface area contributed by atoms with E-state index in [1.807, 2.05) is 0 Å². The fourth-order valence-electron chi connectivity index (χ4n) is 1.41. The average Bonchev–Trinajstić information content (AvgIpc) is 2.70. The number of hydrogen-bond donors (Lipinski definition) is 2. The quantitative estimate of drug-likeness (QED) is 0.844. The molecule has 4 nitrogen and oxygen atoms in total. The van der Waals surface area contributed by atoms with Crippen LogP contribution in [0, 0.1) is 0 Å². The summed E-state index contributed by atoms with van der Waals surface area (Å²) < 4.78 is 5.74. The second kappa shape index (κ2) is 6.70. The number of carbonyl (C=O) groups excluding carboxylic acids is 1. The van der Waals surface area contributed by atoms with Crippen LogP contribution < -0.4 is 11.1 Å². The lowest BCUT2D eigenvalue weighted by molar-refractivity contribution is 0.0906. The van der Waals surface area contributed by atoms with E-state index in [0.29, 0.717) is 16.8 Å². The molecule has 0 aliphatic rings. The van der Waals surface area contributed by atoms with Crippen molar-refractivity contribution in [2.24, 2.45) is 5.73 Å². The maximum atomic E-state index is 11.8. The monoisotopic (exact) mass is 288 g/mol. The molecule has 1 heterocycles. The van der Waals surface area contributed by atoms with Crippen molar-refractivity contribution in [2.75, 3.05) is 6.54 Å². The largest absolute Gasteiger partial charge is 0.458 e. The van der Waals surface area contributed by atoms with Crippen molar-refractivity contribution in [3.63, 3.8) is 0 Å². The number of halogens is 1. The summed E-state index contributed by atoms with van der Waals surface area (Å²) in [5.41, 5.74) is 5.60. The van der Waals surface area contributed by atoms with Crippen LogP contribution in [-0.2, 0) is 0 Å². The Hall–Kier alpha value is -0.810. The Morgan fingerprint density at radius 2 is 2.44 bits per heavy atom. The van der Waals surface area contributed by atoms with Crippen LogP contribution in [0.1, 0.15) is 36.7 Å². The molecule has 0 fully saturated rings. The SMILES string of the molecule is CCCCC(CN)NC(=O)c1occc1Br. The summed E-state index contributed by atoms with van der Waals surface area (Å²) in [6, 6.07) is 1.71. The molecular weight excluding hydrogens is 272 g/mol. The highest BCUT2D eigenvalue weighted by Gasteiger charge is 2.17. The van der Waals surface area contributed by atoms with Crippen molar-refractivity contribution >= 4 is 21.8 Å². The molecule has 3 N–H and O–H groups in total. The number of nitrogens with two attached hydrogens (primary N) is 1. The normalized spacial score (nSPS) is 12.4. The molecule has 1 unspecified atom stereocenters. The van der Waals surface area contributed by atoms with Gasteiger partial charge in [0.1, 0.15) is 0 Å². The third kappa shape index (κ3) is 3.64. The number of amides is 1. The summed E-state index contributed by atoms with van der Waals surface area (Å²) in [5.74, 6) is 0.0818. The molecule has 0 aromatic carbocycles. The van der Waals surface area contributed by atoms with E-state index in [1.165, 1.54) is 6.26 Å². The molecule has 0 aliphatic carbocycles. The molecule has 0 spiro atoms. The molecule has 0 bridgehead atoms. The Morgan fingerprint density at radius 1 is 1.69 bits per heavy atom. The van der Waals surface area contributed by atoms with Crippen molar-refractivity contribution in [3.8, 4) is 0 Å². The van der Waals surface area contributed by atoms with Crippen molar-refractivity contribution in [3.05, 3.63) is 22.6 Å². The lowest BCUT2D eigenvalue weighted by Crippen LogP contribution is -2.40. The number of furan rings is 1. The van der Waals surface area contributed by atoms with Gasteiger partial charge in [0.25, 0.3) is 5.91 Å². The zero-order valence-corrected chi connectivity index (χ0v) is 10.9. The maximum Gasteiger partial charge on any atom is 0.288 e. The molecule has 1 amide bonds. The van der Waals surface area contributed by atoms with Crippen LogP contribution in [0.4, 0.5) is 0 Å². The first-order valence-electron chi connectivity index (χ1n) is 5.43. The van der Waals surface area contributed by atoms with Crippen LogP contribution in [-0.4, -0.2) is 18.5 Å². The van der Waals surface area contributed by atoms with Crippen molar-refractivity contribution in [1.82, 2.24) is 5.32 Å². The minimum atomic E-state index is -0.219. The Morgan fingerprint density at radius 3 is 2.94 bits per heavy atom. The first-order valence-corrected chi connectivity index (χ1v) is 6.22. The first-order chi connectivity index (χ1) is 7.69. The van der Waals surface area contributed by atoms with Crippen molar-refractivity contribution in [1.29, 1.82) is 0 Å². The van der Waals surface area contributed by atoms with Crippen LogP contribution in [0.15, 0.2) is 21.2 Å². The van der Waals surface area contributed by atoms with E-state index < -0.39 is 0 Å². The summed E-state index contributed by atoms with van der Waals surface area (Å²) in [6.07, 6.45) is 4.53. The van der Waals surface area contributed by atoms with Gasteiger partial charge in [-0.05, 0) is 28.4 Å². The molecule has 90 valence electrons. The molecule has 5 heteroatoms. The highest BCUT2D eigenvalue weighted by atomic mass is 79.9. The van der Waals surface area contributed by atoms with Crippen LogP contribution in [0.2, 0.25) is 0 Å². The molecule has 1 aromatic rings. The van der Waals surface area contributed by atoms with Gasteiger partial charge < -0.3 is 15.5 Å². The fraction of sp³-hybridized carbons (Fsp3) is 0.545. The second-order valence-corrected chi connectivity index (χ2v) is 4.50. The molecule has 16 heavy (non-hydrogen) atoms. The highest BCUT2D eigenvalue weighted by molar-refractivity contribution is 9.10. The lowest BCUT2D eigenvalue weighted by atomic mass is 10.1. The Balaban J connectivity index is 2.52. The van der Waals surface area contributed by atoms with Crippen LogP contribution in [0.25, 0.3) is 0 Å². The zero-order valence-electron chi connectivity index (χ0n) is 9.33. The van der Waals surface area contributed by atoms with E-state index in [9.17, 15) is 4.79 Å². The summed E-state index contributed by atoms with van der Waals surface area (Å²) in [4.78, 5) is 11.8. The molecular formula is C11H17BrN2O2. The van der Waals surface area contributed by atoms with Crippen LogP contribution in [0.3, 0.4) is 0 Å². The number of carbonyl (C=O) groups is 1. The van der Waals surface area contributed by atoms with Crippen molar-refractivity contribution in [2.45, 2.75) is 32.2 Å². The van der Waals surface area contributed by atoms with Gasteiger partial charge in [-0.3, -0.25) is 4.79 Å². The third-order valence-corrected chi connectivity index (χ3v) is 2.97. The van der Waals surface area contributed by atoms with Crippen molar-refractivity contribution < 1.29 is 9.21 Å². The van der Waals surface area contributed by atoms with Crippen LogP contribution >= 0.6 is 15.9 Å². The average molecular weight is 289 g/mol. The standard InChI is InChI=1S/C11H17BrN2O2/c1-2-3-4-8(7-13)14-11(15)10-9(12)5-6-16-10/h5-6,8H,2-4,7,13H2,1H3,(H,14,15). The lowest BCUT2D eigenvalue weighted by Gasteiger charge is -2.15.